The van der Waals surface area contributed by atoms with Crippen LogP contribution in [0.25, 0.3) is 10.1 Å². The molecule has 2 aliphatic rings. The summed E-state index contributed by atoms with van der Waals surface area (Å²) in [5.74, 6) is -0.974. The molecule has 1 aromatic heterocycles. The Kier molecular flexibility index (Phi) is 3.69. The number of rotatable bonds is 1. The molecule has 0 aliphatic carbocycles. The average molecular weight is 382 g/mol. The minimum Gasteiger partial charge on any atom is -0.338 e. The van der Waals surface area contributed by atoms with E-state index in [4.69, 9.17) is 11.6 Å². The molecule has 4 rings (SSSR count). The molecule has 0 bridgehead atoms. The van der Waals surface area contributed by atoms with Crippen LogP contribution < -0.4 is 10.6 Å². The molecule has 2 aliphatic heterocycles. The van der Waals surface area contributed by atoms with Gasteiger partial charge in [0.15, 0.2) is 0 Å². The van der Waals surface area contributed by atoms with Gasteiger partial charge in [-0.1, -0.05) is 11.6 Å². The molecule has 6 nitrogen and oxygen atoms in total. The number of nitrogens with one attached hydrogen (secondary N) is 2. The lowest BCUT2D eigenvalue weighted by Crippen LogP contribution is -2.55. The summed E-state index contributed by atoms with van der Waals surface area (Å²) in [4.78, 5) is 38.1. The molecule has 3 heterocycles. The van der Waals surface area contributed by atoms with Gasteiger partial charge in [-0.15, -0.1) is 11.3 Å². The third-order valence-corrected chi connectivity index (χ3v) is 6.35. The largest absolute Gasteiger partial charge is 0.338 e. The van der Waals surface area contributed by atoms with Gasteiger partial charge in [-0.2, -0.15) is 0 Å². The van der Waals surface area contributed by atoms with Gasteiger partial charge in [-0.05, 0) is 31.0 Å². The van der Waals surface area contributed by atoms with E-state index >= 15 is 0 Å². The Morgan fingerprint density at radius 1 is 1.28 bits per heavy atom. The van der Waals surface area contributed by atoms with Crippen molar-refractivity contribution >= 4 is 50.9 Å². The van der Waals surface area contributed by atoms with Crippen LogP contribution in [-0.2, 0) is 4.79 Å². The molecule has 0 radical (unpaired) electrons. The van der Waals surface area contributed by atoms with Gasteiger partial charge in [0.1, 0.15) is 16.2 Å². The highest BCUT2D eigenvalue weighted by atomic mass is 35.5. The van der Waals surface area contributed by atoms with Crippen molar-refractivity contribution in [3.05, 3.63) is 33.9 Å². The van der Waals surface area contributed by atoms with Crippen molar-refractivity contribution in [2.24, 2.45) is 0 Å². The van der Waals surface area contributed by atoms with Crippen molar-refractivity contribution in [1.29, 1.82) is 0 Å². The lowest BCUT2D eigenvalue weighted by atomic mass is 9.87. The molecule has 2 aromatic rings. The molecule has 0 unspecified atom stereocenters. The van der Waals surface area contributed by atoms with Crippen LogP contribution in [0.1, 0.15) is 22.5 Å². The Bertz CT molecular complexity index is 921. The number of thiophene rings is 1. The van der Waals surface area contributed by atoms with Crippen molar-refractivity contribution in [3.63, 3.8) is 0 Å². The quantitative estimate of drug-likeness (QED) is 0.745. The smallest absolute Gasteiger partial charge is 0.322 e. The third kappa shape index (κ3) is 2.56. The van der Waals surface area contributed by atoms with E-state index in [1.807, 2.05) is 0 Å². The number of piperidine rings is 1. The normalized spacial score (nSPS) is 19.4. The van der Waals surface area contributed by atoms with Crippen LogP contribution in [0.15, 0.2) is 18.2 Å². The first-order valence-electron chi connectivity index (χ1n) is 7.70. The molecule has 1 spiro atoms. The molecular formula is C16H13ClFN3O3S. The van der Waals surface area contributed by atoms with Crippen molar-refractivity contribution < 1.29 is 18.8 Å². The van der Waals surface area contributed by atoms with Crippen molar-refractivity contribution in [2.45, 2.75) is 18.4 Å². The number of hydrogen-bond acceptors (Lipinski definition) is 4. The maximum atomic E-state index is 13.4. The Morgan fingerprint density at radius 2 is 2.00 bits per heavy atom. The molecule has 9 heteroatoms. The van der Waals surface area contributed by atoms with Gasteiger partial charge < -0.3 is 10.2 Å². The maximum Gasteiger partial charge on any atom is 0.322 e. The molecule has 4 amide bonds. The number of hydrogen-bond donors (Lipinski definition) is 2. The van der Waals surface area contributed by atoms with Crippen LogP contribution in [-0.4, -0.2) is 41.4 Å². The molecule has 2 saturated heterocycles. The summed E-state index contributed by atoms with van der Waals surface area (Å²) in [6.07, 6.45) is 0.681. The molecule has 1 aromatic carbocycles. The summed E-state index contributed by atoms with van der Waals surface area (Å²) in [6.45, 7) is 0.650. The van der Waals surface area contributed by atoms with Gasteiger partial charge in [-0.25, -0.2) is 9.18 Å². The number of likely N-dealkylation sites (tertiary alicyclic amines) is 1. The zero-order chi connectivity index (χ0) is 17.8. The van der Waals surface area contributed by atoms with Crippen LogP contribution in [0, 0.1) is 5.82 Å². The van der Waals surface area contributed by atoms with E-state index in [0.717, 1.165) is 11.3 Å². The minimum absolute atomic E-state index is 0.244. The highest BCUT2D eigenvalue weighted by molar-refractivity contribution is 7.21. The maximum absolute atomic E-state index is 13.4. The summed E-state index contributed by atoms with van der Waals surface area (Å²) in [5.41, 5.74) is -0.930. The topological polar surface area (TPSA) is 78.5 Å². The zero-order valence-corrected chi connectivity index (χ0v) is 14.5. The summed E-state index contributed by atoms with van der Waals surface area (Å²) < 4.78 is 14.0. The van der Waals surface area contributed by atoms with Crippen LogP contribution in [0.4, 0.5) is 9.18 Å². The first kappa shape index (κ1) is 16.3. The van der Waals surface area contributed by atoms with E-state index < -0.39 is 11.6 Å². The molecule has 2 N–H and O–H groups in total. The summed E-state index contributed by atoms with van der Waals surface area (Å²) in [7, 11) is 0. The second-order valence-electron chi connectivity index (χ2n) is 6.17. The van der Waals surface area contributed by atoms with Crippen molar-refractivity contribution in [1.82, 2.24) is 15.5 Å². The fourth-order valence-corrected chi connectivity index (χ4v) is 4.80. The summed E-state index contributed by atoms with van der Waals surface area (Å²) >= 11 is 7.46. The van der Waals surface area contributed by atoms with Crippen LogP contribution in [0.2, 0.25) is 5.02 Å². The summed E-state index contributed by atoms with van der Waals surface area (Å²) in [5, 5.41) is 5.86. The van der Waals surface area contributed by atoms with E-state index in [2.05, 4.69) is 10.6 Å². The molecular weight excluding hydrogens is 369 g/mol. The predicted octanol–water partition coefficient (Wildman–Crippen LogP) is 2.51. The second kappa shape index (κ2) is 5.67. The Morgan fingerprint density at radius 3 is 2.64 bits per heavy atom. The van der Waals surface area contributed by atoms with Gasteiger partial charge in [-0.3, -0.25) is 14.9 Å². The first-order valence-corrected chi connectivity index (χ1v) is 8.89. The Hall–Kier alpha value is -2.19. The number of fused-ring (bicyclic) bond motifs is 1. The Labute approximate surface area is 150 Å². The monoisotopic (exact) mass is 381 g/mol. The molecule has 130 valence electrons. The van der Waals surface area contributed by atoms with E-state index in [0.29, 0.717) is 45.9 Å². The number of nitrogens with zero attached hydrogens (tertiary/aromatic N) is 1. The molecule has 25 heavy (non-hydrogen) atoms. The second-order valence-corrected chi connectivity index (χ2v) is 7.60. The zero-order valence-electron chi connectivity index (χ0n) is 12.9. The lowest BCUT2D eigenvalue weighted by Gasteiger charge is -2.36. The van der Waals surface area contributed by atoms with Gasteiger partial charge in [0, 0.05) is 23.2 Å². The number of carbonyl (C=O) groups excluding carboxylic acids is 3. The number of halogens is 2. The number of amides is 4. The van der Waals surface area contributed by atoms with Crippen LogP contribution in [0.3, 0.4) is 0 Å². The number of carbonyl (C=O) groups is 3. The SMILES string of the molecule is O=C1NC(=O)C2(CCN(C(=O)c3sc4cc(F)ccc4c3Cl)CC2)N1. The first-order chi connectivity index (χ1) is 11.9. The minimum atomic E-state index is -0.930. The van der Waals surface area contributed by atoms with Gasteiger partial charge >= 0.3 is 6.03 Å². The average Bonchev–Trinajstić information content (AvgIpc) is 3.04. The van der Waals surface area contributed by atoms with Crippen LogP contribution >= 0.6 is 22.9 Å². The predicted molar refractivity (Wildman–Crippen MR) is 91.3 cm³/mol. The van der Waals surface area contributed by atoms with Gasteiger partial charge in [0.25, 0.3) is 11.8 Å². The van der Waals surface area contributed by atoms with E-state index in [9.17, 15) is 18.8 Å². The van der Waals surface area contributed by atoms with E-state index in [1.165, 1.54) is 12.1 Å². The van der Waals surface area contributed by atoms with Crippen molar-refractivity contribution in [2.75, 3.05) is 13.1 Å². The number of urea groups is 1. The van der Waals surface area contributed by atoms with Crippen LogP contribution in [0.5, 0.6) is 0 Å². The third-order valence-electron chi connectivity index (χ3n) is 4.70. The fraction of sp³-hybridized carbons (Fsp3) is 0.312. The number of benzene rings is 1. The number of imide groups is 1. The fourth-order valence-electron chi connectivity index (χ4n) is 3.29. The Balaban J connectivity index is 1.56. The van der Waals surface area contributed by atoms with E-state index in [1.54, 1.807) is 11.0 Å². The molecule has 0 atom stereocenters. The molecule has 2 fully saturated rings. The summed E-state index contributed by atoms with van der Waals surface area (Å²) in [6, 6.07) is 3.72. The lowest BCUT2D eigenvalue weighted by molar-refractivity contribution is -0.125. The van der Waals surface area contributed by atoms with Crippen molar-refractivity contribution in [3.8, 4) is 0 Å². The van der Waals surface area contributed by atoms with E-state index in [-0.39, 0.29) is 17.6 Å². The van der Waals surface area contributed by atoms with Gasteiger partial charge in [0.2, 0.25) is 0 Å². The molecule has 0 saturated carbocycles. The standard InChI is InChI=1S/C16H13ClFN3O3S/c17-11-9-2-1-8(18)7-10(9)25-12(11)13(22)21-5-3-16(4-6-21)14(23)19-15(24)20-16/h1-2,7H,3-6H2,(H2,19,20,23,24). The van der Waals surface area contributed by atoms with Gasteiger partial charge in [0.05, 0.1) is 5.02 Å². The highest BCUT2D eigenvalue weighted by Gasteiger charge is 2.48. The highest BCUT2D eigenvalue weighted by Crippen LogP contribution is 2.37.